The van der Waals surface area contributed by atoms with Crippen LogP contribution in [0.15, 0.2) is 29.3 Å². The Bertz CT molecular complexity index is 1070. The van der Waals surface area contributed by atoms with Crippen LogP contribution in [0.2, 0.25) is 5.02 Å². The van der Waals surface area contributed by atoms with Crippen molar-refractivity contribution >= 4 is 28.6 Å². The molecular formula is C19H16ClN5S. The number of rotatable bonds is 2. The molecule has 1 aliphatic rings. The molecular weight excluding hydrogens is 366 g/mol. The molecule has 1 aliphatic heterocycles. The van der Waals surface area contributed by atoms with Crippen LogP contribution in [0.25, 0.3) is 5.00 Å². The first kappa shape index (κ1) is 17.0. The second-order valence-electron chi connectivity index (χ2n) is 6.27. The summed E-state index contributed by atoms with van der Waals surface area (Å²) in [6.07, 6.45) is 0.252. The summed E-state index contributed by atoms with van der Waals surface area (Å²) in [5.41, 5.74) is 4.13. The van der Waals surface area contributed by atoms with Gasteiger partial charge in [0.15, 0.2) is 5.82 Å². The van der Waals surface area contributed by atoms with E-state index < -0.39 is 0 Å². The maximum absolute atomic E-state index is 9.31. The fraction of sp³-hybridized carbons (Fsp3) is 0.263. The summed E-state index contributed by atoms with van der Waals surface area (Å²) < 4.78 is 2.05. The van der Waals surface area contributed by atoms with Crippen LogP contribution in [-0.2, 0) is 0 Å². The van der Waals surface area contributed by atoms with Crippen molar-refractivity contribution in [2.24, 2.45) is 4.99 Å². The molecule has 0 aliphatic carbocycles. The fourth-order valence-electron chi connectivity index (χ4n) is 3.22. The highest BCUT2D eigenvalue weighted by Crippen LogP contribution is 2.39. The second-order valence-corrected chi connectivity index (χ2v) is 7.91. The van der Waals surface area contributed by atoms with Crippen molar-refractivity contribution in [2.75, 3.05) is 0 Å². The summed E-state index contributed by atoms with van der Waals surface area (Å²) in [4.78, 5) is 6.20. The van der Waals surface area contributed by atoms with Crippen LogP contribution in [0, 0.1) is 32.1 Å². The molecule has 0 spiro atoms. The van der Waals surface area contributed by atoms with Gasteiger partial charge in [-0.2, -0.15) is 5.26 Å². The van der Waals surface area contributed by atoms with Gasteiger partial charge in [0, 0.05) is 21.0 Å². The van der Waals surface area contributed by atoms with Crippen LogP contribution in [0.1, 0.15) is 45.7 Å². The number of hydrogen-bond donors (Lipinski definition) is 0. The van der Waals surface area contributed by atoms with Crippen molar-refractivity contribution in [3.05, 3.63) is 62.5 Å². The van der Waals surface area contributed by atoms with Crippen molar-refractivity contribution in [1.82, 2.24) is 14.8 Å². The summed E-state index contributed by atoms with van der Waals surface area (Å²) in [5, 5.41) is 19.6. The third kappa shape index (κ3) is 2.56. The van der Waals surface area contributed by atoms with Gasteiger partial charge in [-0.3, -0.25) is 9.56 Å². The average Bonchev–Trinajstić information content (AvgIpc) is 3.09. The topological polar surface area (TPSA) is 66.9 Å². The van der Waals surface area contributed by atoms with Crippen LogP contribution in [-0.4, -0.2) is 20.5 Å². The molecule has 1 aromatic carbocycles. The molecule has 5 nitrogen and oxygen atoms in total. The van der Waals surface area contributed by atoms with Gasteiger partial charge in [0.1, 0.15) is 16.9 Å². The first-order valence-electron chi connectivity index (χ1n) is 8.24. The van der Waals surface area contributed by atoms with Crippen molar-refractivity contribution < 1.29 is 0 Å². The van der Waals surface area contributed by atoms with Crippen LogP contribution in [0.4, 0.5) is 0 Å². The molecule has 3 heterocycles. The van der Waals surface area contributed by atoms with Crippen LogP contribution in [0.5, 0.6) is 0 Å². The number of thiophene rings is 1. The molecule has 4 rings (SSSR count). The minimum Gasteiger partial charge on any atom is -0.271 e. The van der Waals surface area contributed by atoms with E-state index in [1.807, 2.05) is 31.2 Å². The van der Waals surface area contributed by atoms with E-state index >= 15 is 0 Å². The predicted molar refractivity (Wildman–Crippen MR) is 104 cm³/mol. The van der Waals surface area contributed by atoms with Crippen LogP contribution < -0.4 is 0 Å². The normalized spacial score (nSPS) is 15.7. The zero-order valence-electron chi connectivity index (χ0n) is 14.6. The Hall–Kier alpha value is -2.49. The summed E-state index contributed by atoms with van der Waals surface area (Å²) in [7, 11) is 0. The van der Waals surface area contributed by atoms with E-state index in [-0.39, 0.29) is 12.5 Å². The molecule has 130 valence electrons. The van der Waals surface area contributed by atoms with Gasteiger partial charge in [-0.1, -0.05) is 23.7 Å². The summed E-state index contributed by atoms with van der Waals surface area (Å²) >= 11 is 7.78. The molecule has 0 radical (unpaired) electrons. The Morgan fingerprint density at radius 3 is 2.62 bits per heavy atom. The van der Waals surface area contributed by atoms with E-state index in [9.17, 15) is 5.26 Å². The fourth-order valence-corrected chi connectivity index (χ4v) is 4.56. The highest BCUT2D eigenvalue weighted by Gasteiger charge is 2.31. The molecule has 2 aromatic heterocycles. The Kier molecular flexibility index (Phi) is 4.14. The molecule has 0 bridgehead atoms. The average molecular weight is 382 g/mol. The van der Waals surface area contributed by atoms with Gasteiger partial charge in [-0.05, 0) is 38.5 Å². The Morgan fingerprint density at radius 1 is 1.19 bits per heavy atom. The lowest BCUT2D eigenvalue weighted by Crippen LogP contribution is -2.07. The zero-order chi connectivity index (χ0) is 18.4. The molecule has 3 aromatic rings. The first-order chi connectivity index (χ1) is 12.5. The lowest BCUT2D eigenvalue weighted by atomic mass is 10.00. The number of nitriles is 1. The molecule has 1 atom stereocenters. The highest BCUT2D eigenvalue weighted by molar-refractivity contribution is 7.15. The monoisotopic (exact) mass is 381 g/mol. The lowest BCUT2D eigenvalue weighted by Gasteiger charge is -2.10. The number of benzene rings is 1. The number of hydrogen-bond acceptors (Lipinski definition) is 5. The van der Waals surface area contributed by atoms with Gasteiger partial charge in [-0.15, -0.1) is 21.5 Å². The maximum Gasteiger partial charge on any atom is 0.164 e. The van der Waals surface area contributed by atoms with E-state index in [1.54, 1.807) is 11.3 Å². The molecule has 26 heavy (non-hydrogen) atoms. The van der Waals surface area contributed by atoms with Crippen molar-refractivity contribution in [1.29, 1.82) is 5.26 Å². The Balaban J connectivity index is 2.05. The molecule has 0 N–H and O–H groups in total. The SMILES string of the molecule is Cc1sc2c(c1C)C(c1ccc(Cl)cc1)=N[C@@H](CC#N)c1nnc(C)n1-2. The van der Waals surface area contributed by atoms with Gasteiger partial charge in [0.05, 0.1) is 18.2 Å². The summed E-state index contributed by atoms with van der Waals surface area (Å²) in [5.74, 6) is 1.52. The maximum atomic E-state index is 9.31. The van der Waals surface area contributed by atoms with Gasteiger partial charge < -0.3 is 0 Å². The summed E-state index contributed by atoms with van der Waals surface area (Å²) in [6.45, 7) is 6.15. The molecule has 0 unspecified atom stereocenters. The van der Waals surface area contributed by atoms with Gasteiger partial charge >= 0.3 is 0 Å². The van der Waals surface area contributed by atoms with E-state index in [2.05, 4.69) is 34.7 Å². The number of aromatic nitrogens is 3. The van der Waals surface area contributed by atoms with Crippen LogP contribution >= 0.6 is 22.9 Å². The summed E-state index contributed by atoms with van der Waals surface area (Å²) in [6, 6.07) is 9.55. The van der Waals surface area contributed by atoms with Crippen molar-refractivity contribution in [2.45, 2.75) is 33.2 Å². The van der Waals surface area contributed by atoms with Gasteiger partial charge in [0.25, 0.3) is 0 Å². The molecule has 0 fully saturated rings. The molecule has 0 amide bonds. The van der Waals surface area contributed by atoms with E-state index in [4.69, 9.17) is 16.6 Å². The van der Waals surface area contributed by atoms with Crippen molar-refractivity contribution in [3.8, 4) is 11.1 Å². The van der Waals surface area contributed by atoms with Crippen LogP contribution in [0.3, 0.4) is 0 Å². The standard InChI is InChI=1S/C19H16ClN5S/c1-10-11(2)26-19-16(10)17(13-4-6-14(20)7-5-13)22-15(8-9-21)18-24-23-12(3)25(18)19/h4-7,15H,8H2,1-3H3/t15-/m0/s1. The van der Waals surface area contributed by atoms with Gasteiger partial charge in [-0.25, -0.2) is 0 Å². The number of nitrogens with zero attached hydrogens (tertiary/aromatic N) is 5. The lowest BCUT2D eigenvalue weighted by molar-refractivity contribution is 0.676. The van der Waals surface area contributed by atoms with Gasteiger partial charge in [0.2, 0.25) is 0 Å². The largest absolute Gasteiger partial charge is 0.271 e. The number of aryl methyl sites for hydroxylation is 2. The molecule has 7 heteroatoms. The third-order valence-electron chi connectivity index (χ3n) is 4.64. The molecule has 0 saturated heterocycles. The first-order valence-corrected chi connectivity index (χ1v) is 9.44. The zero-order valence-corrected chi connectivity index (χ0v) is 16.2. The Morgan fingerprint density at radius 2 is 1.92 bits per heavy atom. The van der Waals surface area contributed by atoms with E-state index in [1.165, 1.54) is 10.4 Å². The van der Waals surface area contributed by atoms with Crippen molar-refractivity contribution in [3.63, 3.8) is 0 Å². The highest BCUT2D eigenvalue weighted by atomic mass is 35.5. The molecule has 0 saturated carbocycles. The van der Waals surface area contributed by atoms with E-state index in [0.717, 1.165) is 33.5 Å². The smallest absolute Gasteiger partial charge is 0.164 e. The van der Waals surface area contributed by atoms with E-state index in [0.29, 0.717) is 5.02 Å². The number of fused-ring (bicyclic) bond motifs is 3. The number of aliphatic imine (C=N–C) groups is 1. The predicted octanol–water partition coefficient (Wildman–Crippen LogP) is 4.71. The third-order valence-corrected chi connectivity index (χ3v) is 6.09. The number of halogens is 1. The Labute approximate surface area is 160 Å². The quantitative estimate of drug-likeness (QED) is 0.645. The minimum absolute atomic E-state index is 0.252. The minimum atomic E-state index is -0.355. The second kappa shape index (κ2) is 6.35.